The molecular formula is C13H16FNO4S. The minimum atomic E-state index is -3.90. The highest BCUT2D eigenvalue weighted by Gasteiger charge is 2.40. The highest BCUT2D eigenvalue weighted by molar-refractivity contribution is 7.89. The predicted molar refractivity (Wildman–Crippen MR) is 70.1 cm³/mol. The summed E-state index contributed by atoms with van der Waals surface area (Å²) in [4.78, 5) is 11.5. The number of carbonyl (C=O) groups is 1. The molecule has 0 amide bonds. The Morgan fingerprint density at radius 3 is 2.80 bits per heavy atom. The summed E-state index contributed by atoms with van der Waals surface area (Å²) in [6.07, 6.45) is 0.994. The first-order valence-corrected chi connectivity index (χ1v) is 7.67. The molecule has 1 saturated heterocycles. The molecule has 1 aliphatic rings. The van der Waals surface area contributed by atoms with E-state index in [1.54, 1.807) is 6.92 Å². The molecule has 2 rings (SSSR count). The molecule has 20 heavy (non-hydrogen) atoms. The summed E-state index contributed by atoms with van der Waals surface area (Å²) in [6.45, 7) is 1.83. The van der Waals surface area contributed by atoms with Gasteiger partial charge in [-0.25, -0.2) is 12.8 Å². The third-order valence-electron chi connectivity index (χ3n) is 3.41. The molecule has 1 atom stereocenters. The molecule has 0 aliphatic carbocycles. The van der Waals surface area contributed by atoms with Crippen molar-refractivity contribution in [3.05, 3.63) is 29.6 Å². The molecule has 0 bridgehead atoms. The van der Waals surface area contributed by atoms with E-state index in [4.69, 9.17) is 0 Å². The fraction of sp³-hybridized carbons (Fsp3) is 0.462. The summed E-state index contributed by atoms with van der Waals surface area (Å²) in [7, 11) is -2.68. The Kier molecular flexibility index (Phi) is 4.10. The fourth-order valence-electron chi connectivity index (χ4n) is 2.38. The summed E-state index contributed by atoms with van der Waals surface area (Å²) in [5, 5.41) is 0. The summed E-state index contributed by atoms with van der Waals surface area (Å²) in [5.74, 6) is -1.21. The third-order valence-corrected chi connectivity index (χ3v) is 5.46. The molecule has 1 aromatic rings. The van der Waals surface area contributed by atoms with Crippen LogP contribution in [0, 0.1) is 12.7 Å². The van der Waals surface area contributed by atoms with Gasteiger partial charge in [-0.3, -0.25) is 4.79 Å². The van der Waals surface area contributed by atoms with Crippen LogP contribution < -0.4 is 0 Å². The number of nitrogens with zero attached hydrogens (tertiary/aromatic N) is 1. The Morgan fingerprint density at radius 2 is 2.15 bits per heavy atom. The molecule has 0 aromatic heterocycles. The van der Waals surface area contributed by atoms with Gasteiger partial charge >= 0.3 is 5.97 Å². The van der Waals surface area contributed by atoms with Crippen LogP contribution in [0.2, 0.25) is 0 Å². The van der Waals surface area contributed by atoms with Crippen LogP contribution in [0.5, 0.6) is 0 Å². The molecule has 1 aromatic carbocycles. The van der Waals surface area contributed by atoms with Crippen molar-refractivity contribution in [1.29, 1.82) is 0 Å². The van der Waals surface area contributed by atoms with E-state index in [1.165, 1.54) is 19.2 Å². The molecule has 1 heterocycles. The van der Waals surface area contributed by atoms with Crippen LogP contribution in [-0.4, -0.2) is 38.4 Å². The minimum absolute atomic E-state index is 0.103. The van der Waals surface area contributed by atoms with E-state index in [0.29, 0.717) is 18.4 Å². The van der Waals surface area contributed by atoms with E-state index in [2.05, 4.69) is 4.74 Å². The number of methoxy groups -OCH3 is 1. The summed E-state index contributed by atoms with van der Waals surface area (Å²) in [6, 6.07) is 2.77. The van der Waals surface area contributed by atoms with Crippen LogP contribution in [0.25, 0.3) is 0 Å². The molecule has 0 spiro atoms. The molecule has 0 radical (unpaired) electrons. The van der Waals surface area contributed by atoms with Crippen molar-refractivity contribution in [3.8, 4) is 0 Å². The lowest BCUT2D eigenvalue weighted by molar-refractivity contribution is -0.144. The van der Waals surface area contributed by atoms with Crippen LogP contribution >= 0.6 is 0 Å². The van der Waals surface area contributed by atoms with E-state index < -0.39 is 27.9 Å². The zero-order valence-corrected chi connectivity index (χ0v) is 12.1. The molecule has 5 nitrogen and oxygen atoms in total. The SMILES string of the molecule is COC(=O)[C@@H]1CCCN1S(=O)(=O)c1cc(F)ccc1C. The quantitative estimate of drug-likeness (QED) is 0.793. The van der Waals surface area contributed by atoms with Crippen LogP contribution in [-0.2, 0) is 19.6 Å². The Morgan fingerprint density at radius 1 is 1.45 bits per heavy atom. The minimum Gasteiger partial charge on any atom is -0.468 e. The molecular weight excluding hydrogens is 285 g/mol. The fourth-order valence-corrected chi connectivity index (χ4v) is 4.26. The van der Waals surface area contributed by atoms with Gasteiger partial charge in [0.25, 0.3) is 0 Å². The molecule has 0 N–H and O–H groups in total. The standard InChI is InChI=1S/C13H16FNO4S/c1-9-5-6-10(14)8-12(9)20(17,18)15-7-3-4-11(15)13(16)19-2/h5-6,8,11H,3-4,7H2,1-2H3/t11-/m0/s1. The largest absolute Gasteiger partial charge is 0.468 e. The Hall–Kier alpha value is -1.47. The number of sulfonamides is 1. The normalized spacial score (nSPS) is 20.1. The zero-order chi connectivity index (χ0) is 14.9. The van der Waals surface area contributed by atoms with Crippen molar-refractivity contribution in [2.24, 2.45) is 0 Å². The number of carbonyl (C=O) groups excluding carboxylic acids is 1. The topological polar surface area (TPSA) is 63.7 Å². The van der Waals surface area contributed by atoms with Crippen LogP contribution in [0.4, 0.5) is 4.39 Å². The molecule has 1 aliphatic heterocycles. The maximum atomic E-state index is 13.3. The van der Waals surface area contributed by atoms with Gasteiger partial charge in [-0.05, 0) is 37.5 Å². The van der Waals surface area contributed by atoms with E-state index in [0.717, 1.165) is 10.4 Å². The summed E-state index contributed by atoms with van der Waals surface area (Å²) in [5.41, 5.74) is 0.446. The summed E-state index contributed by atoms with van der Waals surface area (Å²) >= 11 is 0. The first kappa shape index (κ1) is 14.9. The van der Waals surface area contributed by atoms with Gasteiger partial charge in [0, 0.05) is 6.54 Å². The van der Waals surface area contributed by atoms with E-state index in [9.17, 15) is 17.6 Å². The van der Waals surface area contributed by atoms with Gasteiger partial charge in [0.2, 0.25) is 10.0 Å². The van der Waals surface area contributed by atoms with Crippen molar-refractivity contribution in [3.63, 3.8) is 0 Å². The first-order valence-electron chi connectivity index (χ1n) is 6.23. The average molecular weight is 301 g/mol. The monoisotopic (exact) mass is 301 g/mol. The number of rotatable bonds is 3. The number of esters is 1. The van der Waals surface area contributed by atoms with Gasteiger partial charge in [-0.2, -0.15) is 4.31 Å². The van der Waals surface area contributed by atoms with Crippen LogP contribution in [0.3, 0.4) is 0 Å². The number of benzene rings is 1. The van der Waals surface area contributed by atoms with Crippen LogP contribution in [0.15, 0.2) is 23.1 Å². The van der Waals surface area contributed by atoms with Crippen molar-refractivity contribution in [2.75, 3.05) is 13.7 Å². The van der Waals surface area contributed by atoms with Gasteiger partial charge in [-0.1, -0.05) is 6.07 Å². The Balaban J connectivity index is 2.44. The smallest absolute Gasteiger partial charge is 0.324 e. The lowest BCUT2D eigenvalue weighted by Crippen LogP contribution is -2.41. The Bertz CT molecular complexity index is 629. The second kappa shape index (κ2) is 5.49. The Labute approximate surface area is 117 Å². The average Bonchev–Trinajstić information content (AvgIpc) is 2.90. The highest BCUT2D eigenvalue weighted by Crippen LogP contribution is 2.28. The van der Waals surface area contributed by atoms with Crippen molar-refractivity contribution >= 4 is 16.0 Å². The predicted octanol–water partition coefficient (Wildman–Crippen LogP) is 1.46. The van der Waals surface area contributed by atoms with Crippen LogP contribution in [0.1, 0.15) is 18.4 Å². The van der Waals surface area contributed by atoms with E-state index >= 15 is 0 Å². The second-order valence-electron chi connectivity index (χ2n) is 4.71. The van der Waals surface area contributed by atoms with Crippen molar-refractivity contribution in [2.45, 2.75) is 30.7 Å². The van der Waals surface area contributed by atoms with Crippen molar-refractivity contribution < 1.29 is 22.3 Å². The molecule has 110 valence electrons. The van der Waals surface area contributed by atoms with Gasteiger partial charge < -0.3 is 4.74 Å². The molecule has 7 heteroatoms. The zero-order valence-electron chi connectivity index (χ0n) is 11.3. The van der Waals surface area contributed by atoms with Gasteiger partial charge in [-0.15, -0.1) is 0 Å². The first-order chi connectivity index (χ1) is 9.37. The lowest BCUT2D eigenvalue weighted by atomic mass is 10.2. The number of hydrogen-bond donors (Lipinski definition) is 0. The number of hydrogen-bond acceptors (Lipinski definition) is 4. The number of aryl methyl sites for hydroxylation is 1. The number of halogens is 1. The van der Waals surface area contributed by atoms with Gasteiger partial charge in [0.15, 0.2) is 0 Å². The van der Waals surface area contributed by atoms with Crippen molar-refractivity contribution in [1.82, 2.24) is 4.31 Å². The maximum Gasteiger partial charge on any atom is 0.324 e. The van der Waals surface area contributed by atoms with Gasteiger partial charge in [0.1, 0.15) is 11.9 Å². The number of ether oxygens (including phenoxy) is 1. The highest BCUT2D eigenvalue weighted by atomic mass is 32.2. The maximum absolute atomic E-state index is 13.3. The summed E-state index contributed by atoms with van der Waals surface area (Å²) < 4.78 is 44.2. The lowest BCUT2D eigenvalue weighted by Gasteiger charge is -2.23. The van der Waals surface area contributed by atoms with Gasteiger partial charge in [0.05, 0.1) is 12.0 Å². The third kappa shape index (κ3) is 2.55. The molecule has 1 fully saturated rings. The molecule has 0 unspecified atom stereocenters. The second-order valence-corrected chi connectivity index (χ2v) is 6.57. The molecule has 0 saturated carbocycles. The van der Waals surface area contributed by atoms with E-state index in [-0.39, 0.29) is 11.4 Å². The van der Waals surface area contributed by atoms with E-state index in [1.807, 2.05) is 0 Å².